The van der Waals surface area contributed by atoms with E-state index in [1.165, 1.54) is 23.9 Å². The number of ether oxygens (including phenoxy) is 1. The SMILES string of the molecule is O=C1NC(=S)S/C1=C/c1ccccc1OCc1ccc(C(=O)[O-])cc1. The lowest BCUT2D eigenvalue weighted by atomic mass is 10.1. The minimum absolute atomic E-state index is 0.120. The van der Waals surface area contributed by atoms with Crippen LogP contribution in [0.3, 0.4) is 0 Å². The highest BCUT2D eigenvalue weighted by Crippen LogP contribution is 2.29. The van der Waals surface area contributed by atoms with Gasteiger partial charge in [0.05, 0.1) is 10.9 Å². The highest BCUT2D eigenvalue weighted by molar-refractivity contribution is 8.26. The Morgan fingerprint density at radius 3 is 2.56 bits per heavy atom. The number of para-hydroxylation sites is 1. The number of amides is 1. The van der Waals surface area contributed by atoms with Gasteiger partial charge in [0.15, 0.2) is 0 Å². The molecular formula is C18H12NO4S2-. The molecule has 2 aromatic carbocycles. The van der Waals surface area contributed by atoms with Gasteiger partial charge in [0.2, 0.25) is 0 Å². The zero-order chi connectivity index (χ0) is 17.8. The molecule has 0 aliphatic carbocycles. The van der Waals surface area contributed by atoms with Crippen LogP contribution in [0, 0.1) is 0 Å². The van der Waals surface area contributed by atoms with Gasteiger partial charge in [0, 0.05) is 5.56 Å². The molecule has 2 aromatic rings. The molecule has 126 valence electrons. The number of thiocarbonyl (C=S) groups is 1. The molecule has 0 unspecified atom stereocenters. The summed E-state index contributed by atoms with van der Waals surface area (Å²) in [5.74, 6) is -0.817. The smallest absolute Gasteiger partial charge is 0.263 e. The zero-order valence-electron chi connectivity index (χ0n) is 12.9. The number of thioether (sulfide) groups is 1. The first-order valence-electron chi connectivity index (χ1n) is 7.30. The number of nitrogens with one attached hydrogen (secondary N) is 1. The molecule has 1 saturated heterocycles. The van der Waals surface area contributed by atoms with Crippen molar-refractivity contribution in [2.45, 2.75) is 6.61 Å². The molecule has 1 fully saturated rings. The third kappa shape index (κ3) is 4.26. The molecule has 0 bridgehead atoms. The van der Waals surface area contributed by atoms with Gasteiger partial charge in [-0.2, -0.15) is 0 Å². The Morgan fingerprint density at radius 1 is 1.20 bits per heavy atom. The molecule has 0 spiro atoms. The van der Waals surface area contributed by atoms with Crippen LogP contribution in [-0.4, -0.2) is 16.2 Å². The molecule has 1 N–H and O–H groups in total. The maximum absolute atomic E-state index is 11.8. The van der Waals surface area contributed by atoms with Crippen molar-refractivity contribution in [3.8, 4) is 5.75 Å². The number of benzene rings is 2. The van der Waals surface area contributed by atoms with E-state index in [-0.39, 0.29) is 18.1 Å². The van der Waals surface area contributed by atoms with Gasteiger partial charge in [0.1, 0.15) is 16.7 Å². The Kier molecular flexibility index (Phi) is 5.16. The molecule has 0 atom stereocenters. The lowest BCUT2D eigenvalue weighted by molar-refractivity contribution is -0.255. The van der Waals surface area contributed by atoms with Crippen molar-refractivity contribution < 1.29 is 19.4 Å². The predicted molar refractivity (Wildman–Crippen MR) is 97.9 cm³/mol. The van der Waals surface area contributed by atoms with Crippen LogP contribution >= 0.6 is 24.0 Å². The molecule has 0 aromatic heterocycles. The predicted octanol–water partition coefficient (Wildman–Crippen LogP) is 2.12. The average Bonchev–Trinajstić information content (AvgIpc) is 2.91. The van der Waals surface area contributed by atoms with Gasteiger partial charge in [0.25, 0.3) is 5.91 Å². The second-order valence-corrected chi connectivity index (χ2v) is 6.88. The van der Waals surface area contributed by atoms with Crippen LogP contribution < -0.4 is 15.2 Å². The van der Waals surface area contributed by atoms with Crippen LogP contribution in [0.15, 0.2) is 53.4 Å². The molecule has 7 heteroatoms. The van der Waals surface area contributed by atoms with Gasteiger partial charge in [-0.25, -0.2) is 0 Å². The fraction of sp³-hybridized carbons (Fsp3) is 0.0556. The van der Waals surface area contributed by atoms with E-state index in [9.17, 15) is 14.7 Å². The van der Waals surface area contributed by atoms with Crippen LogP contribution in [0.4, 0.5) is 0 Å². The van der Waals surface area contributed by atoms with E-state index in [1.807, 2.05) is 18.2 Å². The number of carbonyl (C=O) groups is 2. The highest BCUT2D eigenvalue weighted by atomic mass is 32.2. The fourth-order valence-electron chi connectivity index (χ4n) is 2.19. The average molecular weight is 370 g/mol. The summed E-state index contributed by atoms with van der Waals surface area (Å²) < 4.78 is 6.25. The van der Waals surface area contributed by atoms with Gasteiger partial charge in [-0.3, -0.25) is 4.79 Å². The van der Waals surface area contributed by atoms with E-state index in [4.69, 9.17) is 17.0 Å². The third-order valence-corrected chi connectivity index (χ3v) is 4.59. The minimum Gasteiger partial charge on any atom is -0.545 e. The lowest BCUT2D eigenvalue weighted by Crippen LogP contribution is -2.22. The molecular weight excluding hydrogens is 358 g/mol. The Hall–Kier alpha value is -2.64. The van der Waals surface area contributed by atoms with Gasteiger partial charge < -0.3 is 20.0 Å². The first-order chi connectivity index (χ1) is 12.0. The maximum Gasteiger partial charge on any atom is 0.263 e. The van der Waals surface area contributed by atoms with Crippen LogP contribution in [0.2, 0.25) is 0 Å². The molecule has 1 heterocycles. The second kappa shape index (κ2) is 7.50. The molecule has 5 nitrogen and oxygen atoms in total. The van der Waals surface area contributed by atoms with Gasteiger partial charge in [-0.15, -0.1) is 0 Å². The summed E-state index contributed by atoms with van der Waals surface area (Å²) in [5.41, 5.74) is 1.70. The molecule has 25 heavy (non-hydrogen) atoms. The summed E-state index contributed by atoms with van der Waals surface area (Å²) in [6.45, 7) is 0.269. The zero-order valence-corrected chi connectivity index (χ0v) is 14.5. The summed E-state index contributed by atoms with van der Waals surface area (Å²) in [6.07, 6.45) is 1.73. The Bertz CT molecular complexity index is 875. The normalized spacial score (nSPS) is 15.3. The van der Waals surface area contributed by atoms with Gasteiger partial charge in [-0.05, 0) is 23.3 Å². The summed E-state index contributed by atoms with van der Waals surface area (Å²) in [5, 5.41) is 13.3. The number of carbonyl (C=O) groups excluding carboxylic acids is 2. The number of carboxylic acids is 1. The van der Waals surface area contributed by atoms with Crippen molar-refractivity contribution in [2.75, 3.05) is 0 Å². The Balaban J connectivity index is 1.75. The number of hydrogen-bond donors (Lipinski definition) is 1. The third-order valence-electron chi connectivity index (χ3n) is 3.43. The lowest BCUT2D eigenvalue weighted by Gasteiger charge is -2.10. The second-order valence-electron chi connectivity index (χ2n) is 5.16. The van der Waals surface area contributed by atoms with E-state index in [0.717, 1.165) is 11.1 Å². The number of rotatable bonds is 5. The van der Waals surface area contributed by atoms with Crippen LogP contribution in [0.25, 0.3) is 6.08 Å². The summed E-state index contributed by atoms with van der Waals surface area (Å²) in [4.78, 5) is 23.1. The number of aromatic carboxylic acids is 1. The Morgan fingerprint density at radius 2 is 1.92 bits per heavy atom. The van der Waals surface area contributed by atoms with Crippen molar-refractivity contribution in [1.82, 2.24) is 5.32 Å². The van der Waals surface area contributed by atoms with Crippen molar-refractivity contribution in [2.24, 2.45) is 0 Å². The maximum atomic E-state index is 11.8. The fourth-order valence-corrected chi connectivity index (χ4v) is 3.23. The number of carboxylic acid groups (broad SMARTS) is 1. The van der Waals surface area contributed by atoms with E-state index in [0.29, 0.717) is 15.0 Å². The quantitative estimate of drug-likeness (QED) is 0.642. The molecule has 0 radical (unpaired) electrons. The summed E-state index contributed by atoms with van der Waals surface area (Å²) in [6, 6.07) is 13.6. The standard InChI is InChI=1S/C18H13NO4S2/c20-16-15(25-18(24)19-16)9-13-3-1-2-4-14(13)23-10-11-5-7-12(8-6-11)17(21)22/h1-9H,10H2,(H,21,22)(H,19,20,24)/p-1/b15-9+. The number of hydrogen-bond acceptors (Lipinski definition) is 6. The van der Waals surface area contributed by atoms with Crippen molar-refractivity contribution in [3.05, 3.63) is 70.1 Å². The first kappa shape index (κ1) is 17.2. The van der Waals surface area contributed by atoms with E-state index < -0.39 is 5.97 Å². The largest absolute Gasteiger partial charge is 0.545 e. The molecule has 1 aliphatic rings. The molecule has 1 amide bonds. The monoisotopic (exact) mass is 370 g/mol. The molecule has 1 aliphatic heterocycles. The van der Waals surface area contributed by atoms with Crippen LogP contribution in [0.5, 0.6) is 5.75 Å². The topological polar surface area (TPSA) is 78.5 Å². The summed E-state index contributed by atoms with van der Waals surface area (Å²) in [7, 11) is 0. The minimum atomic E-state index is -1.21. The van der Waals surface area contributed by atoms with E-state index in [2.05, 4.69) is 5.32 Å². The van der Waals surface area contributed by atoms with Crippen molar-refractivity contribution in [1.29, 1.82) is 0 Å². The summed E-state index contributed by atoms with van der Waals surface area (Å²) >= 11 is 6.19. The van der Waals surface area contributed by atoms with Crippen molar-refractivity contribution in [3.63, 3.8) is 0 Å². The Labute approximate surface area is 153 Å². The van der Waals surface area contributed by atoms with Crippen LogP contribution in [0.1, 0.15) is 21.5 Å². The molecule has 3 rings (SSSR count). The first-order valence-corrected chi connectivity index (χ1v) is 8.52. The van der Waals surface area contributed by atoms with Gasteiger partial charge in [-0.1, -0.05) is 66.4 Å². The van der Waals surface area contributed by atoms with E-state index in [1.54, 1.807) is 24.3 Å². The van der Waals surface area contributed by atoms with Gasteiger partial charge >= 0.3 is 0 Å². The molecule has 0 saturated carbocycles. The van der Waals surface area contributed by atoms with Crippen molar-refractivity contribution >= 4 is 46.3 Å². The highest BCUT2D eigenvalue weighted by Gasteiger charge is 2.22. The van der Waals surface area contributed by atoms with Crippen LogP contribution in [-0.2, 0) is 11.4 Å². The van der Waals surface area contributed by atoms with E-state index >= 15 is 0 Å².